The SMILES string of the molecule is O=C(N[C@H]1C[C@@H]1NC(=O)C1CCN(c2ccc(Cl)cn2)CC1)c1cnc[nH]1. The Morgan fingerprint density at radius 1 is 1.15 bits per heavy atom. The smallest absolute Gasteiger partial charge is 0.269 e. The van der Waals surface area contributed by atoms with Crippen LogP contribution in [0, 0.1) is 5.92 Å². The lowest BCUT2D eigenvalue weighted by Crippen LogP contribution is -2.43. The molecule has 0 aromatic carbocycles. The van der Waals surface area contributed by atoms with E-state index in [1.165, 1.54) is 12.5 Å². The van der Waals surface area contributed by atoms with Gasteiger partial charge >= 0.3 is 0 Å². The Labute approximate surface area is 161 Å². The molecule has 1 aliphatic heterocycles. The maximum atomic E-state index is 12.5. The molecule has 2 aliphatic rings. The first-order valence-corrected chi connectivity index (χ1v) is 9.44. The van der Waals surface area contributed by atoms with Gasteiger partial charge in [0.05, 0.1) is 29.6 Å². The van der Waals surface area contributed by atoms with E-state index in [9.17, 15) is 9.59 Å². The monoisotopic (exact) mass is 388 g/mol. The lowest BCUT2D eigenvalue weighted by Gasteiger charge is -2.32. The first-order valence-electron chi connectivity index (χ1n) is 9.06. The molecule has 1 saturated carbocycles. The van der Waals surface area contributed by atoms with Crippen molar-refractivity contribution in [3.8, 4) is 0 Å². The molecule has 3 N–H and O–H groups in total. The van der Waals surface area contributed by atoms with Crippen LogP contribution in [0.15, 0.2) is 30.9 Å². The van der Waals surface area contributed by atoms with Crippen LogP contribution < -0.4 is 15.5 Å². The van der Waals surface area contributed by atoms with Crippen molar-refractivity contribution < 1.29 is 9.59 Å². The largest absolute Gasteiger partial charge is 0.357 e. The lowest BCUT2D eigenvalue weighted by atomic mass is 9.96. The molecule has 2 amide bonds. The summed E-state index contributed by atoms with van der Waals surface area (Å²) in [6.45, 7) is 1.58. The second-order valence-corrected chi connectivity index (χ2v) is 7.43. The Morgan fingerprint density at radius 2 is 1.93 bits per heavy atom. The fourth-order valence-electron chi connectivity index (χ4n) is 3.37. The number of nitrogens with one attached hydrogen (secondary N) is 3. The van der Waals surface area contributed by atoms with Crippen LogP contribution in [0.5, 0.6) is 0 Å². The second kappa shape index (κ2) is 7.56. The molecular formula is C18H21ClN6O2. The molecule has 3 heterocycles. The minimum atomic E-state index is -0.196. The molecule has 142 valence electrons. The third kappa shape index (κ3) is 4.21. The Morgan fingerprint density at radius 3 is 2.59 bits per heavy atom. The number of rotatable bonds is 5. The Bertz CT molecular complexity index is 802. The van der Waals surface area contributed by atoms with Gasteiger partial charge in [0.2, 0.25) is 5.91 Å². The maximum absolute atomic E-state index is 12.5. The normalized spacial score (nSPS) is 22.3. The van der Waals surface area contributed by atoms with Crippen LogP contribution in [0.25, 0.3) is 0 Å². The Balaban J connectivity index is 1.21. The zero-order chi connectivity index (χ0) is 18.8. The summed E-state index contributed by atoms with van der Waals surface area (Å²) < 4.78 is 0. The summed E-state index contributed by atoms with van der Waals surface area (Å²) in [4.78, 5) is 37.6. The van der Waals surface area contributed by atoms with Gasteiger partial charge in [-0.3, -0.25) is 9.59 Å². The molecule has 2 fully saturated rings. The predicted octanol–water partition coefficient (Wildman–Crippen LogP) is 1.36. The number of imidazole rings is 1. The highest BCUT2D eigenvalue weighted by Gasteiger charge is 2.41. The number of pyridine rings is 1. The van der Waals surface area contributed by atoms with Gasteiger partial charge in [-0.25, -0.2) is 9.97 Å². The summed E-state index contributed by atoms with van der Waals surface area (Å²) in [5, 5.41) is 6.57. The van der Waals surface area contributed by atoms with E-state index < -0.39 is 0 Å². The summed E-state index contributed by atoms with van der Waals surface area (Å²) in [6, 6.07) is 3.73. The number of aromatic nitrogens is 3. The van der Waals surface area contributed by atoms with Crippen LogP contribution in [0.1, 0.15) is 29.8 Å². The zero-order valence-corrected chi connectivity index (χ0v) is 15.4. The molecule has 1 aliphatic carbocycles. The number of aromatic amines is 1. The van der Waals surface area contributed by atoms with Crippen LogP contribution in [0.3, 0.4) is 0 Å². The molecule has 1 saturated heterocycles. The van der Waals surface area contributed by atoms with Crippen molar-refractivity contribution >= 4 is 29.2 Å². The fraction of sp³-hybridized carbons (Fsp3) is 0.444. The van der Waals surface area contributed by atoms with Crippen LogP contribution in [0.2, 0.25) is 5.02 Å². The van der Waals surface area contributed by atoms with Gasteiger partial charge in [-0.15, -0.1) is 0 Å². The summed E-state index contributed by atoms with van der Waals surface area (Å²) in [6.07, 6.45) is 6.92. The molecule has 0 radical (unpaired) electrons. The highest BCUT2D eigenvalue weighted by Crippen LogP contribution is 2.26. The first-order chi connectivity index (χ1) is 13.1. The van der Waals surface area contributed by atoms with Gasteiger partial charge in [-0.2, -0.15) is 0 Å². The van der Waals surface area contributed by atoms with Crippen LogP contribution in [-0.4, -0.2) is 51.9 Å². The van der Waals surface area contributed by atoms with E-state index in [-0.39, 0.29) is 29.8 Å². The highest BCUT2D eigenvalue weighted by molar-refractivity contribution is 6.30. The third-order valence-corrected chi connectivity index (χ3v) is 5.30. The van der Waals surface area contributed by atoms with E-state index in [1.54, 1.807) is 6.20 Å². The van der Waals surface area contributed by atoms with Crippen molar-refractivity contribution in [1.29, 1.82) is 0 Å². The van der Waals surface area contributed by atoms with Crippen molar-refractivity contribution in [2.75, 3.05) is 18.0 Å². The van der Waals surface area contributed by atoms with Crippen molar-refractivity contribution in [2.45, 2.75) is 31.3 Å². The lowest BCUT2D eigenvalue weighted by molar-refractivity contribution is -0.125. The number of nitrogens with zero attached hydrogens (tertiary/aromatic N) is 3. The minimum Gasteiger partial charge on any atom is -0.357 e. The second-order valence-electron chi connectivity index (χ2n) is 6.99. The van der Waals surface area contributed by atoms with E-state index >= 15 is 0 Å². The number of H-pyrrole nitrogens is 1. The molecule has 4 rings (SSSR count). The molecule has 2 aromatic rings. The van der Waals surface area contributed by atoms with E-state index in [4.69, 9.17) is 11.6 Å². The molecule has 2 atom stereocenters. The molecule has 0 unspecified atom stereocenters. The number of carbonyl (C=O) groups excluding carboxylic acids is 2. The highest BCUT2D eigenvalue weighted by atomic mass is 35.5. The summed E-state index contributed by atoms with van der Waals surface area (Å²) >= 11 is 5.88. The topological polar surface area (TPSA) is 103 Å². The molecule has 9 heteroatoms. The number of halogens is 1. The van der Waals surface area contributed by atoms with Crippen molar-refractivity contribution in [3.05, 3.63) is 41.6 Å². The van der Waals surface area contributed by atoms with Gasteiger partial charge in [-0.1, -0.05) is 11.6 Å². The maximum Gasteiger partial charge on any atom is 0.269 e. The quantitative estimate of drug-likeness (QED) is 0.717. The van der Waals surface area contributed by atoms with Crippen LogP contribution in [0.4, 0.5) is 5.82 Å². The third-order valence-electron chi connectivity index (χ3n) is 5.08. The van der Waals surface area contributed by atoms with Crippen LogP contribution >= 0.6 is 11.6 Å². The molecule has 27 heavy (non-hydrogen) atoms. The van der Waals surface area contributed by atoms with E-state index in [1.807, 2.05) is 12.1 Å². The fourth-order valence-corrected chi connectivity index (χ4v) is 3.48. The van der Waals surface area contributed by atoms with E-state index in [0.29, 0.717) is 10.7 Å². The van der Waals surface area contributed by atoms with Gasteiger partial charge in [0.1, 0.15) is 11.5 Å². The number of anilines is 1. The van der Waals surface area contributed by atoms with Crippen molar-refractivity contribution in [2.24, 2.45) is 5.92 Å². The van der Waals surface area contributed by atoms with Gasteiger partial charge in [0, 0.05) is 25.2 Å². The summed E-state index contributed by atoms with van der Waals surface area (Å²) in [7, 11) is 0. The van der Waals surface area contributed by atoms with Gasteiger partial charge in [0.15, 0.2) is 0 Å². The first kappa shape index (κ1) is 17.8. The average molecular weight is 389 g/mol. The Hall–Kier alpha value is -2.61. The molecule has 8 nitrogen and oxygen atoms in total. The Kier molecular flexibility index (Phi) is 4.98. The number of piperidine rings is 1. The summed E-state index contributed by atoms with van der Waals surface area (Å²) in [5.41, 5.74) is 0.426. The molecule has 2 aromatic heterocycles. The number of hydrogen-bond donors (Lipinski definition) is 3. The number of amides is 2. The van der Waals surface area contributed by atoms with Gasteiger partial charge in [0.25, 0.3) is 5.91 Å². The van der Waals surface area contributed by atoms with E-state index in [0.717, 1.165) is 38.2 Å². The predicted molar refractivity (Wildman–Crippen MR) is 101 cm³/mol. The van der Waals surface area contributed by atoms with Crippen molar-refractivity contribution in [1.82, 2.24) is 25.6 Å². The van der Waals surface area contributed by atoms with E-state index in [2.05, 4.69) is 30.5 Å². The standard InChI is InChI=1S/C18H21ClN6O2/c19-12-1-2-16(21-8-12)25-5-3-11(4-6-25)17(26)23-13-7-14(13)24-18(27)15-9-20-10-22-15/h1-2,8-11,13-14H,3-7H2,(H,20,22)(H,23,26)(H,24,27)/t13-,14-/m0/s1. The molecule has 0 spiro atoms. The number of carbonyl (C=O) groups is 2. The molecular weight excluding hydrogens is 368 g/mol. The summed E-state index contributed by atoms with van der Waals surface area (Å²) in [5.74, 6) is 0.764. The number of hydrogen-bond acceptors (Lipinski definition) is 5. The average Bonchev–Trinajstić information content (AvgIpc) is 3.17. The van der Waals surface area contributed by atoms with Gasteiger partial charge in [-0.05, 0) is 31.4 Å². The minimum absolute atomic E-state index is 0.00175. The van der Waals surface area contributed by atoms with Crippen LogP contribution in [-0.2, 0) is 4.79 Å². The molecule has 0 bridgehead atoms. The van der Waals surface area contributed by atoms with Crippen molar-refractivity contribution in [3.63, 3.8) is 0 Å². The zero-order valence-electron chi connectivity index (χ0n) is 14.7. The van der Waals surface area contributed by atoms with Gasteiger partial charge < -0.3 is 20.5 Å².